The lowest BCUT2D eigenvalue weighted by molar-refractivity contribution is 0.108. The van der Waals surface area contributed by atoms with Crippen molar-refractivity contribution < 1.29 is 14.6 Å². The highest BCUT2D eigenvalue weighted by atomic mass is 32.1. The van der Waals surface area contributed by atoms with Gasteiger partial charge in [-0.25, -0.2) is 0 Å². The van der Waals surface area contributed by atoms with Crippen molar-refractivity contribution in [1.29, 1.82) is 0 Å². The molecule has 2 aromatic carbocycles. The highest BCUT2D eigenvalue weighted by Gasteiger charge is 2.06. The van der Waals surface area contributed by atoms with E-state index in [4.69, 9.17) is 9.47 Å². The summed E-state index contributed by atoms with van der Waals surface area (Å²) in [6, 6.07) is 14.0. The Morgan fingerprint density at radius 1 is 1.00 bits per heavy atom. The van der Waals surface area contributed by atoms with Gasteiger partial charge in [-0.05, 0) is 57.8 Å². The average Bonchev–Trinajstić information content (AvgIpc) is 3.04. The predicted molar refractivity (Wildman–Crippen MR) is 89.2 cm³/mol. The molecule has 0 spiro atoms. The van der Waals surface area contributed by atoms with Crippen LogP contribution in [0.15, 0.2) is 47.8 Å². The molecule has 0 aliphatic rings. The third-order valence-electron chi connectivity index (χ3n) is 3.56. The molecule has 114 valence electrons. The standard InChI is InChI=1S/C18H18O3S/c1-20-17-4-2-13(3-5-17)11-21-12-16-9-14(10-19)8-15-6-7-22-18(15)16/h2-9,19H,10-12H2,1H3. The van der Waals surface area contributed by atoms with E-state index in [0.717, 1.165) is 22.4 Å². The largest absolute Gasteiger partial charge is 0.497 e. The first-order chi connectivity index (χ1) is 10.8. The van der Waals surface area contributed by atoms with Gasteiger partial charge in [0, 0.05) is 4.70 Å². The second-order valence-corrected chi connectivity index (χ2v) is 6.01. The summed E-state index contributed by atoms with van der Waals surface area (Å²) in [4.78, 5) is 0. The van der Waals surface area contributed by atoms with E-state index in [-0.39, 0.29) is 6.61 Å². The van der Waals surface area contributed by atoms with Crippen molar-refractivity contribution in [1.82, 2.24) is 0 Å². The van der Waals surface area contributed by atoms with Gasteiger partial charge < -0.3 is 14.6 Å². The Labute approximate surface area is 133 Å². The van der Waals surface area contributed by atoms with Crippen LogP contribution in [0.3, 0.4) is 0 Å². The Balaban J connectivity index is 1.69. The van der Waals surface area contributed by atoms with E-state index in [9.17, 15) is 5.11 Å². The molecule has 0 unspecified atom stereocenters. The minimum Gasteiger partial charge on any atom is -0.497 e. The molecule has 1 N–H and O–H groups in total. The maximum Gasteiger partial charge on any atom is 0.118 e. The van der Waals surface area contributed by atoms with Crippen molar-refractivity contribution in [3.8, 4) is 5.75 Å². The van der Waals surface area contributed by atoms with Crippen molar-refractivity contribution in [3.63, 3.8) is 0 Å². The van der Waals surface area contributed by atoms with Gasteiger partial charge in [-0.3, -0.25) is 0 Å². The van der Waals surface area contributed by atoms with Crippen molar-refractivity contribution in [2.75, 3.05) is 7.11 Å². The van der Waals surface area contributed by atoms with Crippen LogP contribution in [0, 0.1) is 0 Å². The smallest absolute Gasteiger partial charge is 0.118 e. The summed E-state index contributed by atoms with van der Waals surface area (Å²) >= 11 is 1.71. The zero-order valence-corrected chi connectivity index (χ0v) is 13.2. The molecular formula is C18H18O3S. The van der Waals surface area contributed by atoms with Crippen LogP contribution in [-0.4, -0.2) is 12.2 Å². The first kappa shape index (κ1) is 15.0. The molecule has 3 rings (SSSR count). The van der Waals surface area contributed by atoms with Gasteiger partial charge in [0.15, 0.2) is 0 Å². The summed E-state index contributed by atoms with van der Waals surface area (Å²) in [6.45, 7) is 1.15. The number of aliphatic hydroxyl groups is 1. The van der Waals surface area contributed by atoms with E-state index in [0.29, 0.717) is 13.2 Å². The van der Waals surface area contributed by atoms with Gasteiger partial charge in [-0.15, -0.1) is 11.3 Å². The van der Waals surface area contributed by atoms with Gasteiger partial charge in [0.2, 0.25) is 0 Å². The van der Waals surface area contributed by atoms with Crippen LogP contribution in [0.25, 0.3) is 10.1 Å². The monoisotopic (exact) mass is 314 g/mol. The second kappa shape index (κ2) is 6.92. The van der Waals surface area contributed by atoms with Crippen molar-refractivity contribution >= 4 is 21.4 Å². The molecule has 0 saturated carbocycles. The minimum absolute atomic E-state index is 0.0528. The third kappa shape index (κ3) is 3.30. The quantitative estimate of drug-likeness (QED) is 0.744. The zero-order chi connectivity index (χ0) is 15.4. The van der Waals surface area contributed by atoms with Crippen LogP contribution in [0.1, 0.15) is 16.7 Å². The Bertz CT molecular complexity index is 747. The fourth-order valence-corrected chi connectivity index (χ4v) is 3.31. The number of benzene rings is 2. The summed E-state index contributed by atoms with van der Waals surface area (Å²) in [5, 5.41) is 12.6. The van der Waals surface area contributed by atoms with Gasteiger partial charge >= 0.3 is 0 Å². The summed E-state index contributed by atoms with van der Waals surface area (Å²) in [6.07, 6.45) is 0. The van der Waals surface area contributed by atoms with Gasteiger partial charge in [-0.1, -0.05) is 12.1 Å². The predicted octanol–water partition coefficient (Wildman–Crippen LogP) is 4.12. The normalized spacial score (nSPS) is 11.0. The van der Waals surface area contributed by atoms with E-state index in [1.54, 1.807) is 18.4 Å². The Morgan fingerprint density at radius 3 is 2.55 bits per heavy atom. The molecule has 3 nitrogen and oxygen atoms in total. The van der Waals surface area contributed by atoms with Crippen LogP contribution < -0.4 is 4.74 Å². The molecule has 0 saturated heterocycles. The number of thiophene rings is 1. The van der Waals surface area contributed by atoms with Crippen LogP contribution in [-0.2, 0) is 24.6 Å². The maximum absolute atomic E-state index is 9.36. The van der Waals surface area contributed by atoms with E-state index in [1.807, 2.05) is 36.4 Å². The van der Waals surface area contributed by atoms with Crippen LogP contribution in [0.5, 0.6) is 5.75 Å². The molecule has 0 aliphatic carbocycles. The average molecular weight is 314 g/mol. The Kier molecular flexibility index (Phi) is 4.73. The molecule has 0 fully saturated rings. The molecule has 1 heterocycles. The molecule has 3 aromatic rings. The number of fused-ring (bicyclic) bond motifs is 1. The number of hydrogen-bond donors (Lipinski definition) is 1. The van der Waals surface area contributed by atoms with Crippen molar-refractivity contribution in [3.05, 3.63) is 64.5 Å². The summed E-state index contributed by atoms with van der Waals surface area (Å²) in [5.41, 5.74) is 3.17. The Hall–Kier alpha value is -1.88. The molecular weight excluding hydrogens is 296 g/mol. The Morgan fingerprint density at radius 2 is 1.82 bits per heavy atom. The summed E-state index contributed by atoms with van der Waals surface area (Å²) in [5.74, 6) is 0.847. The fraction of sp³-hybridized carbons (Fsp3) is 0.222. The molecule has 0 atom stereocenters. The second-order valence-electron chi connectivity index (χ2n) is 5.09. The maximum atomic E-state index is 9.36. The van der Waals surface area contributed by atoms with Crippen LogP contribution in [0.4, 0.5) is 0 Å². The summed E-state index contributed by atoms with van der Waals surface area (Å²) in [7, 11) is 1.66. The number of methoxy groups -OCH3 is 1. The van der Waals surface area contributed by atoms with E-state index >= 15 is 0 Å². The molecule has 0 radical (unpaired) electrons. The van der Waals surface area contributed by atoms with Gasteiger partial charge in [-0.2, -0.15) is 0 Å². The number of aliphatic hydroxyl groups excluding tert-OH is 1. The SMILES string of the molecule is COc1ccc(COCc2cc(CO)cc3ccsc23)cc1. The first-order valence-electron chi connectivity index (χ1n) is 7.10. The molecule has 0 aliphatic heterocycles. The molecule has 4 heteroatoms. The number of rotatable bonds is 6. The summed E-state index contributed by atoms with van der Waals surface area (Å²) < 4.78 is 12.2. The van der Waals surface area contributed by atoms with Crippen LogP contribution in [0.2, 0.25) is 0 Å². The lowest BCUT2D eigenvalue weighted by Crippen LogP contribution is -1.96. The molecule has 0 amide bonds. The molecule has 1 aromatic heterocycles. The molecule has 22 heavy (non-hydrogen) atoms. The van der Waals surface area contributed by atoms with Gasteiger partial charge in [0.1, 0.15) is 5.75 Å². The van der Waals surface area contributed by atoms with Crippen molar-refractivity contribution in [2.24, 2.45) is 0 Å². The lowest BCUT2D eigenvalue weighted by Gasteiger charge is -2.08. The van der Waals surface area contributed by atoms with E-state index in [1.165, 1.54) is 10.1 Å². The zero-order valence-electron chi connectivity index (χ0n) is 12.4. The first-order valence-corrected chi connectivity index (χ1v) is 7.98. The van der Waals surface area contributed by atoms with Gasteiger partial charge in [0.25, 0.3) is 0 Å². The topological polar surface area (TPSA) is 38.7 Å². The van der Waals surface area contributed by atoms with Crippen molar-refractivity contribution in [2.45, 2.75) is 19.8 Å². The van der Waals surface area contributed by atoms with E-state index < -0.39 is 0 Å². The van der Waals surface area contributed by atoms with Crippen LogP contribution >= 0.6 is 11.3 Å². The number of hydrogen-bond acceptors (Lipinski definition) is 4. The van der Waals surface area contributed by atoms with Gasteiger partial charge in [0.05, 0.1) is 26.9 Å². The molecule has 0 bridgehead atoms. The highest BCUT2D eigenvalue weighted by Crippen LogP contribution is 2.27. The minimum atomic E-state index is 0.0528. The highest BCUT2D eigenvalue weighted by molar-refractivity contribution is 7.17. The van der Waals surface area contributed by atoms with E-state index in [2.05, 4.69) is 11.4 Å². The number of ether oxygens (including phenoxy) is 2. The lowest BCUT2D eigenvalue weighted by atomic mass is 10.1. The fourth-order valence-electron chi connectivity index (χ4n) is 2.42. The third-order valence-corrected chi connectivity index (χ3v) is 4.56.